The normalized spacial score (nSPS) is 18.0. The number of thiophene rings is 1. The molecule has 0 saturated heterocycles. The van der Waals surface area contributed by atoms with Gasteiger partial charge in [0.05, 0.1) is 12.3 Å². The van der Waals surface area contributed by atoms with Crippen LogP contribution in [-0.4, -0.2) is 17.6 Å². The molecule has 0 aliphatic heterocycles. The average Bonchev–Trinajstić information content (AvgIpc) is 2.74. The lowest BCUT2D eigenvalue weighted by Gasteiger charge is -2.20. The number of pyridine rings is 1. The summed E-state index contributed by atoms with van der Waals surface area (Å²) >= 11 is 1.33. The summed E-state index contributed by atoms with van der Waals surface area (Å²) in [6, 6.07) is 2.11. The highest BCUT2D eigenvalue weighted by molar-refractivity contribution is 7.21. The van der Waals surface area contributed by atoms with Crippen molar-refractivity contribution in [3.63, 3.8) is 0 Å². The zero-order valence-electron chi connectivity index (χ0n) is 11.7. The van der Waals surface area contributed by atoms with Crippen molar-refractivity contribution in [1.82, 2.24) is 4.98 Å². The average molecular weight is 290 g/mol. The highest BCUT2D eigenvalue weighted by Gasteiger charge is 2.22. The fraction of sp³-hybridized carbons (Fsp3) is 0.467. The topological polar surface area (TPSA) is 65.2 Å². The summed E-state index contributed by atoms with van der Waals surface area (Å²) in [4.78, 5) is 17.9. The minimum atomic E-state index is -0.348. The van der Waals surface area contributed by atoms with Crippen LogP contribution in [0.4, 0.5) is 5.69 Å². The van der Waals surface area contributed by atoms with Crippen LogP contribution in [0, 0.1) is 5.92 Å². The first kappa shape index (κ1) is 13.4. The van der Waals surface area contributed by atoms with Crippen molar-refractivity contribution in [1.29, 1.82) is 0 Å². The predicted molar refractivity (Wildman–Crippen MR) is 81.2 cm³/mol. The van der Waals surface area contributed by atoms with Crippen LogP contribution in [0.1, 0.15) is 41.2 Å². The number of aromatic nitrogens is 1. The van der Waals surface area contributed by atoms with Gasteiger partial charge in [0, 0.05) is 11.1 Å². The number of anilines is 1. The largest absolute Gasteiger partial charge is 0.462 e. The Morgan fingerprint density at radius 2 is 2.40 bits per heavy atom. The van der Waals surface area contributed by atoms with E-state index in [0.29, 0.717) is 23.1 Å². The number of ether oxygens (including phenoxy) is 1. The number of carbonyl (C=O) groups is 1. The van der Waals surface area contributed by atoms with E-state index < -0.39 is 0 Å². The van der Waals surface area contributed by atoms with Crippen LogP contribution in [0.5, 0.6) is 0 Å². The molecule has 0 unspecified atom stereocenters. The molecule has 0 bridgehead atoms. The first-order chi connectivity index (χ1) is 9.60. The van der Waals surface area contributed by atoms with Gasteiger partial charge in [0.2, 0.25) is 0 Å². The number of nitrogens with two attached hydrogens (primary N) is 1. The molecular formula is C15H18N2O2S. The summed E-state index contributed by atoms with van der Waals surface area (Å²) in [5, 5.41) is 0.894. The van der Waals surface area contributed by atoms with E-state index in [2.05, 4.69) is 13.0 Å². The zero-order chi connectivity index (χ0) is 14.3. The van der Waals surface area contributed by atoms with Crippen molar-refractivity contribution in [3.05, 3.63) is 22.2 Å². The molecule has 0 amide bonds. The van der Waals surface area contributed by atoms with Crippen molar-refractivity contribution >= 4 is 33.2 Å². The van der Waals surface area contributed by atoms with Gasteiger partial charge in [0.15, 0.2) is 0 Å². The van der Waals surface area contributed by atoms with E-state index >= 15 is 0 Å². The second-order valence-corrected chi connectivity index (χ2v) is 6.36. The number of hydrogen-bond donors (Lipinski definition) is 1. The van der Waals surface area contributed by atoms with Crippen molar-refractivity contribution in [3.8, 4) is 0 Å². The maximum absolute atomic E-state index is 11.9. The molecule has 0 saturated carbocycles. The number of rotatable bonds is 2. The molecule has 2 aromatic rings. The highest BCUT2D eigenvalue weighted by atomic mass is 32.1. The first-order valence-corrected chi connectivity index (χ1v) is 7.79. The number of nitrogens with zero attached hydrogens (tertiary/aromatic N) is 1. The van der Waals surface area contributed by atoms with Gasteiger partial charge in [-0.15, -0.1) is 11.3 Å². The molecular weight excluding hydrogens is 272 g/mol. The molecule has 0 radical (unpaired) electrons. The minimum absolute atomic E-state index is 0.348. The molecule has 106 valence electrons. The number of fused-ring (bicyclic) bond motifs is 2. The lowest BCUT2D eigenvalue weighted by Crippen LogP contribution is -2.12. The van der Waals surface area contributed by atoms with Crippen molar-refractivity contribution in [2.24, 2.45) is 5.92 Å². The third kappa shape index (κ3) is 2.16. The predicted octanol–water partition coefficient (Wildman–Crippen LogP) is 3.18. The van der Waals surface area contributed by atoms with E-state index in [1.807, 2.05) is 0 Å². The maximum Gasteiger partial charge on any atom is 0.350 e. The summed E-state index contributed by atoms with van der Waals surface area (Å²) < 4.78 is 5.04. The fourth-order valence-corrected chi connectivity index (χ4v) is 3.71. The van der Waals surface area contributed by atoms with Gasteiger partial charge >= 0.3 is 5.97 Å². The Bertz CT molecular complexity index is 678. The molecule has 2 N–H and O–H groups in total. The lowest BCUT2D eigenvalue weighted by atomic mass is 9.87. The van der Waals surface area contributed by atoms with Gasteiger partial charge in [0.25, 0.3) is 0 Å². The van der Waals surface area contributed by atoms with Gasteiger partial charge < -0.3 is 10.5 Å². The Morgan fingerprint density at radius 1 is 1.60 bits per heavy atom. The van der Waals surface area contributed by atoms with Crippen LogP contribution in [0.15, 0.2) is 6.07 Å². The van der Waals surface area contributed by atoms with Gasteiger partial charge in [-0.05, 0) is 43.7 Å². The summed E-state index contributed by atoms with van der Waals surface area (Å²) in [7, 11) is 0. The third-order valence-corrected chi connectivity index (χ3v) is 4.89. The monoisotopic (exact) mass is 290 g/mol. The van der Waals surface area contributed by atoms with Crippen LogP contribution < -0.4 is 5.73 Å². The molecule has 0 spiro atoms. The van der Waals surface area contributed by atoms with E-state index in [1.54, 1.807) is 6.92 Å². The Labute approximate surface area is 122 Å². The van der Waals surface area contributed by atoms with E-state index in [9.17, 15) is 4.79 Å². The van der Waals surface area contributed by atoms with E-state index in [4.69, 9.17) is 15.5 Å². The molecule has 3 rings (SSSR count). The van der Waals surface area contributed by atoms with Crippen LogP contribution in [-0.2, 0) is 17.6 Å². The standard InChI is InChI=1S/C15H18N2O2S/c1-3-19-15(18)13-12(16)10-7-9-6-8(2)4-5-11(9)17-14(10)20-13/h7-8H,3-6,16H2,1-2H3/t8-/m1/s1. The Hall–Kier alpha value is -1.62. The molecule has 4 nitrogen and oxygen atoms in total. The first-order valence-electron chi connectivity index (χ1n) is 6.98. The van der Waals surface area contributed by atoms with E-state index in [1.165, 1.54) is 23.3 Å². The molecule has 0 aromatic carbocycles. The van der Waals surface area contributed by atoms with Gasteiger partial charge in [-0.25, -0.2) is 9.78 Å². The second kappa shape index (κ2) is 5.05. The number of esters is 1. The van der Waals surface area contributed by atoms with E-state index in [-0.39, 0.29) is 5.97 Å². The fourth-order valence-electron chi connectivity index (χ4n) is 2.72. The van der Waals surface area contributed by atoms with Crippen LogP contribution in [0.25, 0.3) is 10.2 Å². The quantitative estimate of drug-likeness (QED) is 0.863. The lowest BCUT2D eigenvalue weighted by molar-refractivity contribution is 0.0533. The summed E-state index contributed by atoms with van der Waals surface area (Å²) in [6.07, 6.45) is 3.23. The Balaban J connectivity index is 2.10. The maximum atomic E-state index is 11.9. The van der Waals surface area contributed by atoms with Crippen LogP contribution in [0.2, 0.25) is 0 Å². The summed E-state index contributed by atoms with van der Waals surface area (Å²) in [6.45, 7) is 4.40. The van der Waals surface area contributed by atoms with E-state index in [0.717, 1.165) is 28.8 Å². The van der Waals surface area contributed by atoms with Crippen molar-refractivity contribution in [2.45, 2.75) is 33.1 Å². The van der Waals surface area contributed by atoms with Gasteiger partial charge in [-0.1, -0.05) is 6.92 Å². The molecule has 2 heterocycles. The molecule has 5 heteroatoms. The number of aryl methyl sites for hydroxylation is 1. The molecule has 1 aliphatic carbocycles. The molecule has 2 aromatic heterocycles. The molecule has 0 fully saturated rings. The van der Waals surface area contributed by atoms with Crippen molar-refractivity contribution < 1.29 is 9.53 Å². The highest BCUT2D eigenvalue weighted by Crippen LogP contribution is 2.36. The Kier molecular flexibility index (Phi) is 3.38. The SMILES string of the molecule is CCOC(=O)c1sc2nc3c(cc2c1N)C[C@H](C)CC3. The molecule has 1 atom stereocenters. The minimum Gasteiger partial charge on any atom is -0.462 e. The van der Waals surface area contributed by atoms with Crippen molar-refractivity contribution in [2.75, 3.05) is 12.3 Å². The third-order valence-electron chi connectivity index (χ3n) is 3.79. The number of carbonyl (C=O) groups excluding carboxylic acids is 1. The van der Waals surface area contributed by atoms with Gasteiger partial charge in [0.1, 0.15) is 9.71 Å². The van der Waals surface area contributed by atoms with Crippen LogP contribution in [0.3, 0.4) is 0 Å². The summed E-state index contributed by atoms with van der Waals surface area (Å²) in [5.74, 6) is 0.338. The van der Waals surface area contributed by atoms with Gasteiger partial charge in [-0.2, -0.15) is 0 Å². The number of nitrogen functional groups attached to an aromatic ring is 1. The molecule has 1 aliphatic rings. The summed E-state index contributed by atoms with van der Waals surface area (Å²) in [5.41, 5.74) is 9.05. The molecule has 20 heavy (non-hydrogen) atoms. The van der Waals surface area contributed by atoms with Crippen LogP contribution >= 0.6 is 11.3 Å². The Morgan fingerprint density at radius 3 is 3.15 bits per heavy atom. The zero-order valence-corrected chi connectivity index (χ0v) is 12.5. The number of hydrogen-bond acceptors (Lipinski definition) is 5. The second-order valence-electron chi connectivity index (χ2n) is 5.36. The smallest absolute Gasteiger partial charge is 0.350 e. The van der Waals surface area contributed by atoms with Gasteiger partial charge in [-0.3, -0.25) is 0 Å².